The summed E-state index contributed by atoms with van der Waals surface area (Å²) in [6.45, 7) is 2.13. The molecule has 0 amide bonds. The normalized spacial score (nSPS) is 12.3. The van der Waals surface area contributed by atoms with E-state index in [4.69, 9.17) is 4.42 Å². The maximum absolute atomic E-state index is 12.4. The van der Waals surface area contributed by atoms with E-state index in [1.807, 2.05) is 6.92 Å². The Morgan fingerprint density at radius 2 is 1.94 bits per heavy atom. The van der Waals surface area contributed by atoms with Gasteiger partial charge in [-0.2, -0.15) is 13.2 Å². The third-order valence-electron chi connectivity index (χ3n) is 2.39. The predicted octanol–water partition coefficient (Wildman–Crippen LogP) is 2.77. The van der Waals surface area contributed by atoms with Crippen molar-refractivity contribution >= 4 is 0 Å². The monoisotopic (exact) mass is 264 g/mol. The highest BCUT2D eigenvalue weighted by Crippen LogP contribution is 2.19. The molecule has 1 heterocycles. The van der Waals surface area contributed by atoms with Gasteiger partial charge in [0.25, 0.3) is 0 Å². The van der Waals surface area contributed by atoms with Crippen LogP contribution in [0.3, 0.4) is 0 Å². The molecule has 0 radical (unpaired) electrons. The van der Waals surface area contributed by atoms with Crippen molar-refractivity contribution in [1.29, 1.82) is 0 Å². The second-order valence-corrected chi connectivity index (χ2v) is 4.22. The van der Waals surface area contributed by atoms with Crippen LogP contribution in [0.15, 0.2) is 16.5 Å². The Labute approximate surface area is 105 Å². The van der Waals surface area contributed by atoms with Crippen molar-refractivity contribution in [2.24, 2.45) is 0 Å². The summed E-state index contributed by atoms with van der Waals surface area (Å²) >= 11 is 0. The second-order valence-electron chi connectivity index (χ2n) is 4.22. The smallest absolute Gasteiger partial charge is 0.401 e. The summed E-state index contributed by atoms with van der Waals surface area (Å²) < 4.78 is 42.6. The highest BCUT2D eigenvalue weighted by molar-refractivity contribution is 5.07. The first-order valence-corrected chi connectivity index (χ1v) is 5.96. The highest BCUT2D eigenvalue weighted by atomic mass is 19.4. The van der Waals surface area contributed by atoms with E-state index >= 15 is 0 Å². The van der Waals surface area contributed by atoms with Gasteiger partial charge in [0.1, 0.15) is 11.5 Å². The van der Waals surface area contributed by atoms with Gasteiger partial charge in [0.2, 0.25) is 0 Å². The lowest BCUT2D eigenvalue weighted by atomic mass is 10.3. The molecular formula is C12H19F3N2O. The zero-order chi connectivity index (χ0) is 13.6. The van der Waals surface area contributed by atoms with Gasteiger partial charge in [0.15, 0.2) is 0 Å². The summed E-state index contributed by atoms with van der Waals surface area (Å²) in [7, 11) is 1.79. The first-order valence-electron chi connectivity index (χ1n) is 5.96. The first kappa shape index (κ1) is 15.0. The summed E-state index contributed by atoms with van der Waals surface area (Å²) in [6.07, 6.45) is -3.49. The average molecular weight is 264 g/mol. The number of nitrogens with zero attached hydrogens (tertiary/aromatic N) is 1. The fraction of sp³-hybridized carbons (Fsp3) is 0.667. The van der Waals surface area contributed by atoms with Gasteiger partial charge >= 0.3 is 6.18 Å². The zero-order valence-electron chi connectivity index (χ0n) is 10.7. The second kappa shape index (κ2) is 6.80. The minimum atomic E-state index is -4.17. The van der Waals surface area contributed by atoms with Crippen LogP contribution in [-0.2, 0) is 13.1 Å². The average Bonchev–Trinajstić information content (AvgIpc) is 2.64. The minimum absolute atomic E-state index is 0.192. The van der Waals surface area contributed by atoms with Crippen molar-refractivity contribution in [2.45, 2.75) is 32.6 Å². The molecule has 1 rings (SSSR count). The Hall–Kier alpha value is -1.01. The van der Waals surface area contributed by atoms with E-state index in [1.54, 1.807) is 19.2 Å². The number of hydrogen-bond donors (Lipinski definition) is 1. The molecule has 1 aromatic rings. The number of hydrogen-bond acceptors (Lipinski definition) is 3. The van der Waals surface area contributed by atoms with E-state index in [0.717, 1.165) is 5.76 Å². The van der Waals surface area contributed by atoms with Crippen LogP contribution in [-0.4, -0.2) is 31.2 Å². The van der Waals surface area contributed by atoms with E-state index in [1.165, 1.54) is 4.90 Å². The van der Waals surface area contributed by atoms with Crippen LogP contribution in [0.5, 0.6) is 0 Å². The fourth-order valence-electron chi connectivity index (χ4n) is 1.78. The Kier molecular flexibility index (Phi) is 5.68. The van der Waals surface area contributed by atoms with Gasteiger partial charge in [0.05, 0.1) is 19.6 Å². The largest absolute Gasteiger partial charge is 0.463 e. The summed E-state index contributed by atoms with van der Waals surface area (Å²) in [4.78, 5) is 1.35. The molecule has 6 heteroatoms. The molecule has 1 aromatic heterocycles. The van der Waals surface area contributed by atoms with Crippen LogP contribution in [0.4, 0.5) is 13.2 Å². The van der Waals surface area contributed by atoms with Crippen LogP contribution in [0.2, 0.25) is 0 Å². The molecule has 0 bridgehead atoms. The molecule has 1 N–H and O–H groups in total. The Morgan fingerprint density at radius 3 is 2.50 bits per heavy atom. The zero-order valence-corrected chi connectivity index (χ0v) is 10.7. The number of alkyl halides is 3. The summed E-state index contributed by atoms with van der Waals surface area (Å²) in [6, 6.07) is 3.51. The van der Waals surface area contributed by atoms with E-state index in [2.05, 4.69) is 5.32 Å². The van der Waals surface area contributed by atoms with Gasteiger partial charge in [-0.1, -0.05) is 6.92 Å². The van der Waals surface area contributed by atoms with Crippen LogP contribution in [0, 0.1) is 0 Å². The molecule has 0 saturated heterocycles. The number of nitrogens with one attached hydrogen (secondary N) is 1. The van der Waals surface area contributed by atoms with Crippen LogP contribution >= 0.6 is 0 Å². The maximum Gasteiger partial charge on any atom is 0.401 e. The van der Waals surface area contributed by atoms with Crippen molar-refractivity contribution in [3.63, 3.8) is 0 Å². The van der Waals surface area contributed by atoms with Gasteiger partial charge in [-0.3, -0.25) is 4.90 Å². The Balaban J connectivity index is 2.58. The molecule has 0 atom stereocenters. The molecular weight excluding hydrogens is 245 g/mol. The maximum atomic E-state index is 12.4. The molecule has 0 aromatic carbocycles. The van der Waals surface area contributed by atoms with E-state index < -0.39 is 12.7 Å². The van der Waals surface area contributed by atoms with Gasteiger partial charge in [-0.15, -0.1) is 0 Å². The van der Waals surface area contributed by atoms with Crippen molar-refractivity contribution in [2.75, 3.05) is 20.1 Å². The number of rotatable bonds is 7. The molecule has 0 aliphatic carbocycles. The summed E-state index contributed by atoms with van der Waals surface area (Å²) in [5.74, 6) is 1.30. The predicted molar refractivity (Wildman–Crippen MR) is 63.1 cm³/mol. The van der Waals surface area contributed by atoms with Crippen molar-refractivity contribution in [1.82, 2.24) is 10.2 Å². The summed E-state index contributed by atoms with van der Waals surface area (Å²) in [5, 5.41) is 2.93. The fourth-order valence-corrected chi connectivity index (χ4v) is 1.78. The third-order valence-corrected chi connectivity index (χ3v) is 2.39. The van der Waals surface area contributed by atoms with Crippen LogP contribution in [0.1, 0.15) is 24.9 Å². The molecule has 104 valence electrons. The van der Waals surface area contributed by atoms with Gasteiger partial charge in [0, 0.05) is 0 Å². The molecule has 0 spiro atoms. The minimum Gasteiger partial charge on any atom is -0.463 e. The van der Waals surface area contributed by atoms with E-state index in [9.17, 15) is 13.2 Å². The topological polar surface area (TPSA) is 28.4 Å². The Bertz CT molecular complexity index is 349. The lowest BCUT2D eigenvalue weighted by Crippen LogP contribution is -2.34. The lowest BCUT2D eigenvalue weighted by molar-refractivity contribution is -0.147. The van der Waals surface area contributed by atoms with Gasteiger partial charge < -0.3 is 9.73 Å². The van der Waals surface area contributed by atoms with Crippen molar-refractivity contribution in [3.05, 3.63) is 23.7 Å². The van der Waals surface area contributed by atoms with Crippen LogP contribution < -0.4 is 5.32 Å². The highest BCUT2D eigenvalue weighted by Gasteiger charge is 2.30. The molecule has 18 heavy (non-hydrogen) atoms. The van der Waals surface area contributed by atoms with Gasteiger partial charge in [-0.05, 0) is 32.1 Å². The first-order chi connectivity index (χ1) is 8.44. The van der Waals surface area contributed by atoms with E-state index in [0.29, 0.717) is 25.3 Å². The van der Waals surface area contributed by atoms with Crippen LogP contribution in [0.25, 0.3) is 0 Å². The SMILES string of the molecule is CCCN(Cc1ccc(CNC)o1)CC(F)(F)F. The van der Waals surface area contributed by atoms with Crippen molar-refractivity contribution in [3.8, 4) is 0 Å². The lowest BCUT2D eigenvalue weighted by Gasteiger charge is -2.21. The Morgan fingerprint density at radius 1 is 1.28 bits per heavy atom. The molecule has 0 fully saturated rings. The molecule has 0 aliphatic rings. The van der Waals surface area contributed by atoms with E-state index in [-0.39, 0.29) is 6.54 Å². The van der Waals surface area contributed by atoms with Gasteiger partial charge in [-0.25, -0.2) is 0 Å². The van der Waals surface area contributed by atoms with Crippen molar-refractivity contribution < 1.29 is 17.6 Å². The standard InChI is InChI=1S/C12H19F3N2O/c1-3-6-17(9-12(13,14)15)8-11-5-4-10(18-11)7-16-2/h4-5,16H,3,6-9H2,1-2H3. The quantitative estimate of drug-likeness (QED) is 0.821. The number of furan rings is 1. The number of halogens is 3. The third kappa shape index (κ3) is 5.55. The molecule has 0 unspecified atom stereocenters. The molecule has 3 nitrogen and oxygen atoms in total. The summed E-state index contributed by atoms with van der Waals surface area (Å²) in [5.41, 5.74) is 0. The molecule has 0 saturated carbocycles. The molecule has 0 aliphatic heterocycles.